The number of rotatable bonds is 4. The number of aryl methyl sites for hydroxylation is 1. The number of anilines is 1. The van der Waals surface area contributed by atoms with Crippen molar-refractivity contribution in [1.29, 1.82) is 0 Å². The van der Waals surface area contributed by atoms with Gasteiger partial charge in [0.2, 0.25) is 0 Å². The Bertz CT molecular complexity index is 992. The molecule has 0 aliphatic carbocycles. The molecule has 0 amide bonds. The zero-order valence-electron chi connectivity index (χ0n) is 15.8. The third-order valence-corrected chi connectivity index (χ3v) is 3.99. The van der Waals surface area contributed by atoms with Gasteiger partial charge < -0.3 is 21.1 Å². The minimum atomic E-state index is -1.01. The van der Waals surface area contributed by atoms with Gasteiger partial charge in [-0.3, -0.25) is 0 Å². The Morgan fingerprint density at radius 2 is 2.00 bits per heavy atom. The fourth-order valence-corrected chi connectivity index (χ4v) is 2.85. The van der Waals surface area contributed by atoms with Gasteiger partial charge in [-0.1, -0.05) is 12.1 Å². The number of carbonyl (C=O) groups is 1. The molecule has 7 nitrogen and oxygen atoms in total. The van der Waals surface area contributed by atoms with E-state index in [4.69, 9.17) is 10.7 Å². The zero-order chi connectivity index (χ0) is 19.1. The molecule has 144 valence electrons. The minimum absolute atomic E-state index is 0. The molecule has 0 aliphatic heterocycles. The number of nitrogens with one attached hydrogen (secondary N) is 2. The standard InChI is InChI=1S/C19H23N5O2.ClH/c1-10-17(24-19(2,3)4)23-16-11(6-5-7-13(16)21-10)14-8-12(18(25)26)15(9-20)22-14;/h5-8,22H,9,20H2,1-4H3,(H,23,24)(H,25,26);1H. The number of fused-ring (bicyclic) bond motifs is 1. The summed E-state index contributed by atoms with van der Waals surface area (Å²) < 4.78 is 0. The van der Waals surface area contributed by atoms with Crippen LogP contribution in [0.1, 0.15) is 42.5 Å². The second-order valence-corrected chi connectivity index (χ2v) is 7.29. The molecule has 2 aromatic heterocycles. The second-order valence-electron chi connectivity index (χ2n) is 7.29. The number of aromatic carboxylic acids is 1. The molecule has 3 aromatic rings. The summed E-state index contributed by atoms with van der Waals surface area (Å²) in [7, 11) is 0. The smallest absolute Gasteiger partial charge is 0.337 e. The summed E-state index contributed by atoms with van der Waals surface area (Å²) in [5.74, 6) is -0.299. The molecule has 2 heterocycles. The summed E-state index contributed by atoms with van der Waals surface area (Å²) in [5.41, 5.74) is 9.88. The number of hydrogen-bond acceptors (Lipinski definition) is 5. The Morgan fingerprint density at radius 1 is 1.30 bits per heavy atom. The maximum Gasteiger partial charge on any atom is 0.337 e. The lowest BCUT2D eigenvalue weighted by Crippen LogP contribution is -2.27. The van der Waals surface area contributed by atoms with Crippen molar-refractivity contribution in [2.24, 2.45) is 5.73 Å². The molecular weight excluding hydrogens is 366 g/mol. The highest BCUT2D eigenvalue weighted by atomic mass is 35.5. The molecule has 0 aliphatic rings. The monoisotopic (exact) mass is 389 g/mol. The quantitative estimate of drug-likeness (QED) is 0.540. The van der Waals surface area contributed by atoms with Crippen LogP contribution in [0.5, 0.6) is 0 Å². The summed E-state index contributed by atoms with van der Waals surface area (Å²) in [6.07, 6.45) is 0. The molecule has 3 rings (SSSR count). The van der Waals surface area contributed by atoms with Crippen LogP contribution in [0.3, 0.4) is 0 Å². The van der Waals surface area contributed by atoms with E-state index in [1.807, 2.05) is 25.1 Å². The topological polar surface area (TPSA) is 117 Å². The molecule has 8 heteroatoms. The van der Waals surface area contributed by atoms with Crippen molar-refractivity contribution >= 4 is 35.2 Å². The van der Waals surface area contributed by atoms with Gasteiger partial charge in [0.05, 0.1) is 16.8 Å². The van der Waals surface area contributed by atoms with E-state index in [0.717, 1.165) is 16.8 Å². The van der Waals surface area contributed by atoms with Crippen molar-refractivity contribution in [3.8, 4) is 11.3 Å². The number of H-pyrrole nitrogens is 1. The highest BCUT2D eigenvalue weighted by Gasteiger charge is 2.18. The van der Waals surface area contributed by atoms with Crippen LogP contribution in [0.2, 0.25) is 0 Å². The van der Waals surface area contributed by atoms with E-state index < -0.39 is 5.97 Å². The summed E-state index contributed by atoms with van der Waals surface area (Å²) in [6, 6.07) is 7.26. The lowest BCUT2D eigenvalue weighted by atomic mass is 10.1. The van der Waals surface area contributed by atoms with Crippen molar-refractivity contribution in [2.75, 3.05) is 5.32 Å². The SMILES string of the molecule is Cc1nc2cccc(-c3cc(C(=O)O)c(CN)[nH]3)c2nc1NC(C)(C)C.Cl. The fourth-order valence-electron chi connectivity index (χ4n) is 2.85. The summed E-state index contributed by atoms with van der Waals surface area (Å²) in [6.45, 7) is 8.20. The fraction of sp³-hybridized carbons (Fsp3) is 0.316. The summed E-state index contributed by atoms with van der Waals surface area (Å²) in [5, 5.41) is 12.7. The molecular formula is C19H24ClN5O2. The average molecular weight is 390 g/mol. The van der Waals surface area contributed by atoms with Crippen LogP contribution in [0.25, 0.3) is 22.3 Å². The van der Waals surface area contributed by atoms with Crippen molar-refractivity contribution in [1.82, 2.24) is 15.0 Å². The third-order valence-electron chi connectivity index (χ3n) is 3.99. The molecule has 1 aromatic carbocycles. The van der Waals surface area contributed by atoms with E-state index in [0.29, 0.717) is 22.7 Å². The lowest BCUT2D eigenvalue weighted by Gasteiger charge is -2.22. The Labute approximate surface area is 163 Å². The van der Waals surface area contributed by atoms with Crippen LogP contribution < -0.4 is 11.1 Å². The van der Waals surface area contributed by atoms with E-state index in [2.05, 4.69) is 36.1 Å². The van der Waals surface area contributed by atoms with Gasteiger partial charge in [-0.25, -0.2) is 14.8 Å². The van der Waals surface area contributed by atoms with Crippen molar-refractivity contribution in [3.05, 3.63) is 41.2 Å². The maximum absolute atomic E-state index is 11.4. The predicted octanol–water partition coefficient (Wildman–Crippen LogP) is 3.72. The summed E-state index contributed by atoms with van der Waals surface area (Å²) >= 11 is 0. The molecule has 0 saturated carbocycles. The van der Waals surface area contributed by atoms with Gasteiger partial charge in [-0.15, -0.1) is 12.4 Å². The highest BCUT2D eigenvalue weighted by Crippen LogP contribution is 2.30. The van der Waals surface area contributed by atoms with E-state index in [-0.39, 0.29) is 30.1 Å². The van der Waals surface area contributed by atoms with Crippen molar-refractivity contribution in [2.45, 2.75) is 39.8 Å². The first kappa shape index (κ1) is 20.7. The molecule has 0 unspecified atom stereocenters. The second kappa shape index (κ2) is 7.54. The van der Waals surface area contributed by atoms with Gasteiger partial charge in [-0.05, 0) is 39.8 Å². The normalized spacial score (nSPS) is 11.3. The highest BCUT2D eigenvalue weighted by molar-refractivity contribution is 5.95. The number of hydrogen-bond donors (Lipinski definition) is 4. The molecule has 27 heavy (non-hydrogen) atoms. The first-order valence-electron chi connectivity index (χ1n) is 8.41. The molecule has 0 saturated heterocycles. The average Bonchev–Trinajstić information content (AvgIpc) is 2.98. The van der Waals surface area contributed by atoms with E-state index in [1.54, 1.807) is 6.07 Å². The van der Waals surface area contributed by atoms with E-state index >= 15 is 0 Å². The Morgan fingerprint density at radius 3 is 2.56 bits per heavy atom. The Balaban J connectivity index is 0.00000261. The molecule has 0 fully saturated rings. The summed E-state index contributed by atoms with van der Waals surface area (Å²) in [4.78, 5) is 24.0. The lowest BCUT2D eigenvalue weighted by molar-refractivity contribution is 0.0696. The van der Waals surface area contributed by atoms with E-state index in [9.17, 15) is 9.90 Å². The van der Waals surface area contributed by atoms with Crippen LogP contribution in [-0.2, 0) is 6.54 Å². The van der Waals surface area contributed by atoms with Crippen LogP contribution in [-0.4, -0.2) is 31.6 Å². The maximum atomic E-state index is 11.4. The van der Waals surface area contributed by atoms with Crippen LogP contribution in [0.4, 0.5) is 5.82 Å². The van der Waals surface area contributed by atoms with Gasteiger partial charge in [0, 0.05) is 29.0 Å². The van der Waals surface area contributed by atoms with Crippen LogP contribution in [0.15, 0.2) is 24.3 Å². The number of halogens is 1. The number of nitrogens with two attached hydrogens (primary N) is 1. The molecule has 0 radical (unpaired) electrons. The Kier molecular flexibility index (Phi) is 5.77. The molecule has 5 N–H and O–H groups in total. The third kappa shape index (κ3) is 4.20. The number of nitrogens with zero attached hydrogens (tertiary/aromatic N) is 2. The predicted molar refractivity (Wildman–Crippen MR) is 110 cm³/mol. The molecule has 0 atom stereocenters. The largest absolute Gasteiger partial charge is 0.478 e. The zero-order valence-corrected chi connectivity index (χ0v) is 16.6. The van der Waals surface area contributed by atoms with Gasteiger partial charge in [0.15, 0.2) is 0 Å². The first-order valence-corrected chi connectivity index (χ1v) is 8.41. The van der Waals surface area contributed by atoms with Crippen LogP contribution >= 0.6 is 12.4 Å². The molecule has 0 spiro atoms. The number of benzene rings is 1. The van der Waals surface area contributed by atoms with Gasteiger partial charge in [-0.2, -0.15) is 0 Å². The number of aromatic nitrogens is 3. The minimum Gasteiger partial charge on any atom is -0.478 e. The number of para-hydroxylation sites is 1. The van der Waals surface area contributed by atoms with Gasteiger partial charge in [0.1, 0.15) is 11.3 Å². The van der Waals surface area contributed by atoms with Crippen molar-refractivity contribution < 1.29 is 9.90 Å². The van der Waals surface area contributed by atoms with Gasteiger partial charge >= 0.3 is 5.97 Å². The molecule has 0 bridgehead atoms. The Hall–Kier alpha value is -2.64. The number of carboxylic acid groups (broad SMARTS) is 1. The number of aromatic amines is 1. The van der Waals surface area contributed by atoms with Crippen LogP contribution in [0, 0.1) is 6.92 Å². The van der Waals surface area contributed by atoms with Gasteiger partial charge in [0.25, 0.3) is 0 Å². The van der Waals surface area contributed by atoms with Crippen molar-refractivity contribution in [3.63, 3.8) is 0 Å². The van der Waals surface area contributed by atoms with E-state index in [1.165, 1.54) is 0 Å². The first-order chi connectivity index (χ1) is 12.2. The number of carboxylic acids is 1.